The summed E-state index contributed by atoms with van der Waals surface area (Å²) in [7, 11) is 0. The van der Waals surface area contributed by atoms with Gasteiger partial charge in [0.15, 0.2) is 0 Å². The van der Waals surface area contributed by atoms with Crippen molar-refractivity contribution in [2.45, 2.75) is 0 Å². The van der Waals surface area contributed by atoms with Crippen LogP contribution in [0.4, 0.5) is 0 Å². The molecule has 92 valence electrons. The van der Waals surface area contributed by atoms with Gasteiger partial charge in [0.25, 0.3) is 0 Å². The summed E-state index contributed by atoms with van der Waals surface area (Å²) in [6.45, 7) is 0. The lowest BCUT2D eigenvalue weighted by Gasteiger charge is -2.07. The zero-order valence-electron chi connectivity index (χ0n) is 8.82. The lowest BCUT2D eigenvalue weighted by Crippen LogP contribution is -2.00. The Balaban J connectivity index is 2.58. The van der Waals surface area contributed by atoms with Crippen molar-refractivity contribution in [3.05, 3.63) is 51.2 Å². The number of carboxylic acids is 1. The zero-order valence-corrected chi connectivity index (χ0v) is 11.1. The molecule has 0 unspecified atom stereocenters. The molecule has 0 saturated heterocycles. The number of carbonyl (C=O) groups is 1. The monoisotopic (exact) mass is 301 g/mol. The van der Waals surface area contributed by atoms with Gasteiger partial charge in [0.2, 0.25) is 0 Å². The number of hydrogen-bond donors (Lipinski definition) is 1. The lowest BCUT2D eigenvalue weighted by molar-refractivity contribution is 0.0690. The van der Waals surface area contributed by atoms with Gasteiger partial charge in [-0.2, -0.15) is 0 Å². The van der Waals surface area contributed by atoms with E-state index >= 15 is 0 Å². The number of hydrogen-bond acceptors (Lipinski definition) is 2. The van der Waals surface area contributed by atoms with Crippen molar-refractivity contribution in [2.24, 2.45) is 0 Å². The number of rotatable bonds is 2. The molecular weight excluding hydrogens is 296 g/mol. The predicted molar refractivity (Wildman–Crippen MR) is 71.7 cm³/mol. The first kappa shape index (κ1) is 13.1. The van der Waals surface area contributed by atoms with Crippen LogP contribution in [0.1, 0.15) is 10.5 Å². The maximum absolute atomic E-state index is 10.8. The van der Waals surface area contributed by atoms with Gasteiger partial charge in [0.05, 0.1) is 10.0 Å². The molecule has 0 aliphatic carbocycles. The number of benzene rings is 1. The van der Waals surface area contributed by atoms with E-state index in [4.69, 9.17) is 39.9 Å². The Labute approximate surface area is 118 Å². The van der Waals surface area contributed by atoms with Gasteiger partial charge in [-0.05, 0) is 18.2 Å². The Bertz CT molecular complexity index is 629. The molecule has 3 nitrogen and oxygen atoms in total. The predicted octanol–water partition coefficient (Wildman–Crippen LogP) is 4.41. The fraction of sp³-hybridized carbons (Fsp3) is 0. The minimum absolute atomic E-state index is 0.0686. The van der Waals surface area contributed by atoms with Crippen LogP contribution < -0.4 is 0 Å². The highest BCUT2D eigenvalue weighted by atomic mass is 35.5. The quantitative estimate of drug-likeness (QED) is 0.836. The second-order valence-corrected chi connectivity index (χ2v) is 4.58. The Morgan fingerprint density at radius 3 is 2.39 bits per heavy atom. The van der Waals surface area contributed by atoms with E-state index in [0.29, 0.717) is 21.2 Å². The van der Waals surface area contributed by atoms with Gasteiger partial charge in [0.1, 0.15) is 10.8 Å². The number of carboxylic acid groups (broad SMARTS) is 1. The topological polar surface area (TPSA) is 50.2 Å². The molecular formula is C12H6Cl3NO2. The molecule has 0 saturated carbocycles. The van der Waals surface area contributed by atoms with E-state index in [1.54, 1.807) is 24.3 Å². The zero-order chi connectivity index (χ0) is 13.3. The summed E-state index contributed by atoms with van der Waals surface area (Å²) in [5.74, 6) is -1.14. The fourth-order valence-electron chi connectivity index (χ4n) is 1.47. The molecule has 18 heavy (non-hydrogen) atoms. The first-order valence-electron chi connectivity index (χ1n) is 4.85. The van der Waals surface area contributed by atoms with E-state index in [1.807, 2.05) is 0 Å². The van der Waals surface area contributed by atoms with E-state index in [-0.39, 0.29) is 10.8 Å². The molecule has 0 radical (unpaired) electrons. The Hall–Kier alpha value is -1.29. The highest BCUT2D eigenvalue weighted by Gasteiger charge is 2.13. The van der Waals surface area contributed by atoms with E-state index in [1.165, 1.54) is 6.07 Å². The average molecular weight is 303 g/mol. The summed E-state index contributed by atoms with van der Waals surface area (Å²) in [6.07, 6.45) is 0. The summed E-state index contributed by atoms with van der Waals surface area (Å²) in [6, 6.07) is 8.03. The Kier molecular flexibility index (Phi) is 3.76. The van der Waals surface area contributed by atoms with Crippen LogP contribution in [0.15, 0.2) is 30.3 Å². The van der Waals surface area contributed by atoms with E-state index in [9.17, 15) is 4.79 Å². The smallest absolute Gasteiger partial charge is 0.354 e. The molecule has 0 aliphatic rings. The van der Waals surface area contributed by atoms with Crippen LogP contribution in [0, 0.1) is 0 Å². The molecule has 1 heterocycles. The van der Waals surface area contributed by atoms with Gasteiger partial charge >= 0.3 is 5.97 Å². The summed E-state index contributed by atoms with van der Waals surface area (Å²) in [5.41, 5.74) is 1.02. The number of aromatic carboxylic acids is 1. The van der Waals surface area contributed by atoms with Gasteiger partial charge in [-0.3, -0.25) is 0 Å². The largest absolute Gasteiger partial charge is 0.477 e. The normalized spacial score (nSPS) is 10.4. The summed E-state index contributed by atoms with van der Waals surface area (Å²) < 4.78 is 0. The first-order valence-corrected chi connectivity index (χ1v) is 5.98. The first-order chi connectivity index (χ1) is 8.50. The van der Waals surface area contributed by atoms with Gasteiger partial charge in [-0.25, -0.2) is 9.78 Å². The minimum atomic E-state index is -1.14. The van der Waals surface area contributed by atoms with Crippen molar-refractivity contribution in [3.8, 4) is 11.1 Å². The molecule has 2 rings (SSSR count). The van der Waals surface area contributed by atoms with Gasteiger partial charge in [-0.15, -0.1) is 0 Å². The molecule has 6 heteroatoms. The molecule has 0 aliphatic heterocycles. The molecule has 1 N–H and O–H groups in total. The molecule has 1 aromatic heterocycles. The van der Waals surface area contributed by atoms with Crippen molar-refractivity contribution >= 4 is 40.8 Å². The summed E-state index contributed by atoms with van der Waals surface area (Å²) in [5, 5.41) is 9.62. The number of pyridine rings is 1. The molecule has 0 bridgehead atoms. The highest BCUT2D eigenvalue weighted by molar-refractivity contribution is 6.44. The van der Waals surface area contributed by atoms with E-state index < -0.39 is 5.97 Å². The van der Waals surface area contributed by atoms with Crippen LogP contribution >= 0.6 is 34.8 Å². The van der Waals surface area contributed by atoms with Crippen molar-refractivity contribution in [1.82, 2.24) is 4.98 Å². The third-order valence-electron chi connectivity index (χ3n) is 2.31. The van der Waals surface area contributed by atoms with Crippen molar-refractivity contribution < 1.29 is 9.90 Å². The highest BCUT2D eigenvalue weighted by Crippen LogP contribution is 2.36. The van der Waals surface area contributed by atoms with Crippen LogP contribution in [0.25, 0.3) is 11.1 Å². The van der Waals surface area contributed by atoms with Crippen molar-refractivity contribution in [1.29, 1.82) is 0 Å². The molecule has 0 atom stereocenters. The second kappa shape index (κ2) is 5.14. The van der Waals surface area contributed by atoms with Crippen LogP contribution in [0.3, 0.4) is 0 Å². The number of aromatic nitrogens is 1. The van der Waals surface area contributed by atoms with E-state index in [2.05, 4.69) is 4.98 Å². The average Bonchev–Trinajstić information content (AvgIpc) is 2.33. The lowest BCUT2D eigenvalue weighted by atomic mass is 10.1. The third-order valence-corrected chi connectivity index (χ3v) is 3.42. The van der Waals surface area contributed by atoms with Crippen molar-refractivity contribution in [3.63, 3.8) is 0 Å². The van der Waals surface area contributed by atoms with Crippen LogP contribution in [0.5, 0.6) is 0 Å². The Morgan fingerprint density at radius 2 is 1.78 bits per heavy atom. The van der Waals surface area contributed by atoms with Crippen LogP contribution in [-0.4, -0.2) is 16.1 Å². The van der Waals surface area contributed by atoms with Gasteiger partial charge < -0.3 is 5.11 Å². The van der Waals surface area contributed by atoms with Crippen LogP contribution in [-0.2, 0) is 0 Å². The SMILES string of the molecule is O=C(O)c1ccc(-c2cccc(Cl)c2Cl)c(Cl)n1. The van der Waals surface area contributed by atoms with Crippen molar-refractivity contribution in [2.75, 3.05) is 0 Å². The molecule has 0 amide bonds. The third kappa shape index (κ3) is 2.43. The molecule has 2 aromatic rings. The number of halogens is 3. The van der Waals surface area contributed by atoms with Gasteiger partial charge in [0, 0.05) is 11.1 Å². The summed E-state index contributed by atoms with van der Waals surface area (Å²) in [4.78, 5) is 14.5. The molecule has 1 aromatic carbocycles. The maximum atomic E-state index is 10.8. The number of nitrogens with zero attached hydrogens (tertiary/aromatic N) is 1. The molecule has 0 fully saturated rings. The molecule has 0 spiro atoms. The minimum Gasteiger partial charge on any atom is -0.477 e. The standard InChI is InChI=1S/C12H6Cl3NO2/c13-8-3-1-2-6(10(8)14)7-4-5-9(12(17)18)16-11(7)15/h1-5H,(H,17,18). The van der Waals surface area contributed by atoms with Crippen LogP contribution in [0.2, 0.25) is 15.2 Å². The maximum Gasteiger partial charge on any atom is 0.354 e. The van der Waals surface area contributed by atoms with Gasteiger partial charge in [-0.1, -0.05) is 46.9 Å². The second-order valence-electron chi connectivity index (χ2n) is 3.44. The summed E-state index contributed by atoms with van der Waals surface area (Å²) >= 11 is 17.9. The Morgan fingerprint density at radius 1 is 1.06 bits per heavy atom. The van der Waals surface area contributed by atoms with E-state index in [0.717, 1.165) is 0 Å². The fourth-order valence-corrected chi connectivity index (χ4v) is 2.12.